The van der Waals surface area contributed by atoms with Crippen LogP contribution in [0.4, 0.5) is 0 Å². The Morgan fingerprint density at radius 1 is 1.75 bits per heavy atom. The molecule has 66 valence electrons. The number of nitrogens with one attached hydrogen (secondary N) is 1. The van der Waals surface area contributed by atoms with Gasteiger partial charge in [-0.3, -0.25) is 0 Å². The van der Waals surface area contributed by atoms with Gasteiger partial charge in [0.05, 0.1) is 0 Å². The molecule has 0 spiro atoms. The molecule has 0 aromatic carbocycles. The van der Waals surface area contributed by atoms with E-state index in [0.717, 1.165) is 11.0 Å². The molecule has 12 heavy (non-hydrogen) atoms. The highest BCUT2D eigenvalue weighted by molar-refractivity contribution is 9.10. The summed E-state index contributed by atoms with van der Waals surface area (Å²) in [6.07, 6.45) is 2.20. The molecular formula is C9H12BrNS. The Bertz CT molecular complexity index is 278. The van der Waals surface area contributed by atoms with Crippen LogP contribution in [-0.2, 0) is 0 Å². The predicted octanol–water partition coefficient (Wildman–Crippen LogP) is 3.13. The molecule has 0 aliphatic heterocycles. The maximum Gasteiger partial charge on any atom is 0.0288 e. The molecule has 3 heteroatoms. The molecule has 0 saturated carbocycles. The van der Waals surface area contributed by atoms with Crippen LogP contribution in [0, 0.1) is 0 Å². The van der Waals surface area contributed by atoms with E-state index in [-0.39, 0.29) is 0 Å². The van der Waals surface area contributed by atoms with Gasteiger partial charge >= 0.3 is 0 Å². The smallest absolute Gasteiger partial charge is 0.0288 e. The van der Waals surface area contributed by atoms with Crippen LogP contribution in [0.3, 0.4) is 0 Å². The monoisotopic (exact) mass is 245 g/mol. The molecule has 0 saturated heterocycles. The second kappa shape index (κ2) is 4.80. The highest BCUT2D eigenvalue weighted by Gasteiger charge is 1.94. The molecule has 0 unspecified atom stereocenters. The lowest BCUT2D eigenvalue weighted by Crippen LogP contribution is -2.08. The zero-order chi connectivity index (χ0) is 8.97. The van der Waals surface area contributed by atoms with Crippen molar-refractivity contribution in [2.75, 3.05) is 13.6 Å². The van der Waals surface area contributed by atoms with Crippen LogP contribution in [0.2, 0.25) is 0 Å². The van der Waals surface area contributed by atoms with Crippen LogP contribution >= 0.6 is 27.3 Å². The van der Waals surface area contributed by atoms with E-state index in [1.807, 2.05) is 7.05 Å². The van der Waals surface area contributed by atoms with Crippen molar-refractivity contribution in [1.82, 2.24) is 5.32 Å². The molecule has 1 aromatic rings. The van der Waals surface area contributed by atoms with E-state index in [0.29, 0.717) is 0 Å². The lowest BCUT2D eigenvalue weighted by Gasteiger charge is -1.96. The van der Waals surface area contributed by atoms with E-state index in [2.05, 4.69) is 45.7 Å². The summed E-state index contributed by atoms with van der Waals surface area (Å²) in [6.45, 7) is 3.08. The van der Waals surface area contributed by atoms with Gasteiger partial charge in [0.1, 0.15) is 0 Å². The van der Waals surface area contributed by atoms with Crippen molar-refractivity contribution in [2.45, 2.75) is 6.92 Å². The van der Waals surface area contributed by atoms with Crippen molar-refractivity contribution < 1.29 is 0 Å². The van der Waals surface area contributed by atoms with E-state index < -0.39 is 0 Å². The van der Waals surface area contributed by atoms with Crippen LogP contribution in [0.1, 0.15) is 11.8 Å². The fraction of sp³-hybridized carbons (Fsp3) is 0.333. The summed E-state index contributed by atoms with van der Waals surface area (Å²) in [5.74, 6) is 0. The molecule has 1 nitrogen and oxygen atoms in total. The number of rotatable bonds is 3. The minimum atomic E-state index is 0.954. The van der Waals surface area contributed by atoms with E-state index in [4.69, 9.17) is 0 Å². The van der Waals surface area contributed by atoms with E-state index in [1.54, 1.807) is 11.3 Å². The fourth-order valence-electron chi connectivity index (χ4n) is 0.977. The molecule has 1 heterocycles. The Hall–Kier alpha value is -0.120. The molecule has 0 bridgehead atoms. The Balaban J connectivity index is 2.67. The zero-order valence-electron chi connectivity index (χ0n) is 7.23. The number of hydrogen-bond donors (Lipinski definition) is 1. The van der Waals surface area contributed by atoms with Gasteiger partial charge in [-0.1, -0.05) is 5.57 Å². The maximum absolute atomic E-state index is 3.43. The van der Waals surface area contributed by atoms with Crippen molar-refractivity contribution in [3.8, 4) is 0 Å². The van der Waals surface area contributed by atoms with Crippen LogP contribution in [0.15, 0.2) is 21.5 Å². The summed E-state index contributed by atoms with van der Waals surface area (Å²) >= 11 is 5.18. The summed E-state index contributed by atoms with van der Waals surface area (Å²) in [6, 6.07) is 2.13. The van der Waals surface area contributed by atoms with Gasteiger partial charge in [0.2, 0.25) is 0 Å². The molecule has 1 aromatic heterocycles. The molecule has 0 amide bonds. The number of thiophene rings is 1. The highest BCUT2D eigenvalue weighted by atomic mass is 79.9. The van der Waals surface area contributed by atoms with Crippen molar-refractivity contribution >= 4 is 33.3 Å². The third-order valence-corrected chi connectivity index (χ3v) is 3.07. The molecular weight excluding hydrogens is 234 g/mol. The molecule has 0 aliphatic rings. The first kappa shape index (κ1) is 9.96. The van der Waals surface area contributed by atoms with Gasteiger partial charge in [0, 0.05) is 21.3 Å². The summed E-state index contributed by atoms with van der Waals surface area (Å²) in [5, 5.41) is 5.21. The van der Waals surface area contributed by atoms with E-state index in [1.165, 1.54) is 10.5 Å². The van der Waals surface area contributed by atoms with Crippen molar-refractivity contribution in [2.24, 2.45) is 0 Å². The molecule has 1 N–H and O–H groups in total. The lowest BCUT2D eigenvalue weighted by atomic mass is 10.2. The summed E-state index contributed by atoms with van der Waals surface area (Å²) in [7, 11) is 1.96. The van der Waals surface area contributed by atoms with Crippen LogP contribution in [0.25, 0.3) is 6.08 Å². The Morgan fingerprint density at radius 2 is 2.50 bits per heavy atom. The van der Waals surface area contributed by atoms with E-state index >= 15 is 0 Å². The summed E-state index contributed by atoms with van der Waals surface area (Å²) in [5.41, 5.74) is 1.35. The zero-order valence-corrected chi connectivity index (χ0v) is 9.63. The van der Waals surface area contributed by atoms with Gasteiger partial charge in [-0.25, -0.2) is 0 Å². The third-order valence-electron chi connectivity index (χ3n) is 1.43. The summed E-state index contributed by atoms with van der Waals surface area (Å²) in [4.78, 5) is 1.30. The number of hydrogen-bond acceptors (Lipinski definition) is 2. The van der Waals surface area contributed by atoms with Crippen LogP contribution in [0.5, 0.6) is 0 Å². The average molecular weight is 246 g/mol. The second-order valence-electron chi connectivity index (χ2n) is 2.69. The maximum atomic E-state index is 3.43. The van der Waals surface area contributed by atoms with Crippen molar-refractivity contribution in [3.63, 3.8) is 0 Å². The topological polar surface area (TPSA) is 12.0 Å². The summed E-state index contributed by atoms with van der Waals surface area (Å²) < 4.78 is 1.16. The Morgan fingerprint density at radius 3 is 3.00 bits per heavy atom. The van der Waals surface area contributed by atoms with Gasteiger partial charge in [0.25, 0.3) is 0 Å². The molecule has 0 atom stereocenters. The molecule has 0 aliphatic carbocycles. The SMILES string of the molecule is CNCC(C)=Cc1cc(Br)cs1. The average Bonchev–Trinajstić information content (AvgIpc) is 2.36. The largest absolute Gasteiger partial charge is 0.316 e. The Kier molecular flexibility index (Phi) is 3.98. The third kappa shape index (κ3) is 3.09. The number of halogens is 1. The van der Waals surface area contributed by atoms with Gasteiger partial charge in [-0.2, -0.15) is 0 Å². The van der Waals surface area contributed by atoms with Gasteiger partial charge in [0.15, 0.2) is 0 Å². The fourth-order valence-corrected chi connectivity index (χ4v) is 2.44. The van der Waals surface area contributed by atoms with Crippen LogP contribution < -0.4 is 5.32 Å². The second-order valence-corrected chi connectivity index (χ2v) is 4.55. The molecule has 1 rings (SSSR count). The lowest BCUT2D eigenvalue weighted by molar-refractivity contribution is 0.885. The highest BCUT2D eigenvalue weighted by Crippen LogP contribution is 2.21. The van der Waals surface area contributed by atoms with Gasteiger partial charge < -0.3 is 5.32 Å². The standard InChI is InChI=1S/C9H12BrNS/c1-7(5-11-2)3-9-4-8(10)6-12-9/h3-4,6,11H,5H2,1-2H3. The Labute approximate surface area is 85.6 Å². The van der Waals surface area contributed by atoms with Crippen LogP contribution in [-0.4, -0.2) is 13.6 Å². The first-order chi connectivity index (χ1) is 5.72. The number of likely N-dealkylation sites (N-methyl/N-ethyl adjacent to an activating group) is 1. The van der Waals surface area contributed by atoms with Gasteiger partial charge in [-0.15, -0.1) is 11.3 Å². The first-order valence-corrected chi connectivity index (χ1v) is 5.45. The quantitative estimate of drug-likeness (QED) is 0.863. The minimum Gasteiger partial charge on any atom is -0.316 e. The molecule has 0 fully saturated rings. The first-order valence-electron chi connectivity index (χ1n) is 3.78. The normalized spacial score (nSPS) is 12.1. The molecule has 0 radical (unpaired) electrons. The van der Waals surface area contributed by atoms with Crippen molar-refractivity contribution in [3.05, 3.63) is 26.4 Å². The van der Waals surface area contributed by atoms with Gasteiger partial charge in [-0.05, 0) is 42.0 Å². The predicted molar refractivity (Wildman–Crippen MR) is 59.6 cm³/mol. The van der Waals surface area contributed by atoms with E-state index in [9.17, 15) is 0 Å². The van der Waals surface area contributed by atoms with Crippen molar-refractivity contribution in [1.29, 1.82) is 0 Å². The minimum absolute atomic E-state index is 0.954.